The molecular formula is C13H10ClN3S. The van der Waals surface area contributed by atoms with Crippen LogP contribution in [0.25, 0.3) is 10.2 Å². The lowest BCUT2D eigenvalue weighted by Crippen LogP contribution is -1.98. The molecule has 0 radical (unpaired) electrons. The molecule has 2 heterocycles. The van der Waals surface area contributed by atoms with Gasteiger partial charge in [0.1, 0.15) is 5.01 Å². The van der Waals surface area contributed by atoms with E-state index in [1.54, 1.807) is 23.7 Å². The van der Waals surface area contributed by atoms with E-state index in [9.17, 15) is 0 Å². The van der Waals surface area contributed by atoms with Gasteiger partial charge in [0.15, 0.2) is 0 Å². The summed E-state index contributed by atoms with van der Waals surface area (Å²) in [6, 6.07) is 9.63. The molecule has 0 amide bonds. The summed E-state index contributed by atoms with van der Waals surface area (Å²) in [6.07, 6.45) is 3.58. The Bertz CT molecular complexity index is 630. The Morgan fingerprint density at radius 3 is 2.78 bits per heavy atom. The van der Waals surface area contributed by atoms with Crippen molar-refractivity contribution in [1.29, 1.82) is 0 Å². The Morgan fingerprint density at radius 1 is 1.17 bits per heavy atom. The topological polar surface area (TPSA) is 37.8 Å². The largest absolute Gasteiger partial charge is 0.379 e. The molecule has 1 N–H and O–H groups in total. The van der Waals surface area contributed by atoms with Gasteiger partial charge in [-0.3, -0.25) is 4.98 Å². The van der Waals surface area contributed by atoms with Crippen LogP contribution in [-0.2, 0) is 6.54 Å². The summed E-state index contributed by atoms with van der Waals surface area (Å²) in [7, 11) is 0. The van der Waals surface area contributed by atoms with Crippen molar-refractivity contribution in [3.8, 4) is 0 Å². The van der Waals surface area contributed by atoms with E-state index in [2.05, 4.69) is 15.3 Å². The van der Waals surface area contributed by atoms with E-state index in [0.717, 1.165) is 25.9 Å². The molecule has 0 saturated heterocycles. The van der Waals surface area contributed by atoms with Gasteiger partial charge >= 0.3 is 0 Å². The molecule has 2 aromatic heterocycles. The summed E-state index contributed by atoms with van der Waals surface area (Å²) in [4.78, 5) is 8.58. The Hall–Kier alpha value is -1.65. The molecule has 0 saturated carbocycles. The number of benzene rings is 1. The second kappa shape index (κ2) is 4.92. The molecule has 90 valence electrons. The monoisotopic (exact) mass is 275 g/mol. The van der Waals surface area contributed by atoms with Gasteiger partial charge in [-0.2, -0.15) is 0 Å². The third-order valence-corrected chi connectivity index (χ3v) is 3.81. The first-order valence-corrected chi connectivity index (χ1v) is 6.69. The van der Waals surface area contributed by atoms with Crippen molar-refractivity contribution in [2.45, 2.75) is 6.54 Å². The molecule has 0 aliphatic carbocycles. The highest BCUT2D eigenvalue weighted by Crippen LogP contribution is 2.21. The Kier molecular flexibility index (Phi) is 3.13. The molecule has 1 aromatic carbocycles. The predicted octanol–water partition coefficient (Wildman–Crippen LogP) is 3.96. The average Bonchev–Trinajstić information content (AvgIpc) is 2.81. The average molecular weight is 276 g/mol. The molecule has 5 heteroatoms. The normalized spacial score (nSPS) is 10.7. The van der Waals surface area contributed by atoms with Crippen LogP contribution in [0.3, 0.4) is 0 Å². The molecule has 0 bridgehead atoms. The van der Waals surface area contributed by atoms with Gasteiger partial charge in [-0.05, 0) is 30.3 Å². The van der Waals surface area contributed by atoms with Gasteiger partial charge in [0.2, 0.25) is 0 Å². The van der Waals surface area contributed by atoms with Crippen molar-refractivity contribution in [3.05, 3.63) is 52.8 Å². The molecule has 3 aromatic rings. The maximum atomic E-state index is 5.84. The van der Waals surface area contributed by atoms with E-state index >= 15 is 0 Å². The molecule has 0 spiro atoms. The van der Waals surface area contributed by atoms with E-state index in [1.807, 2.05) is 30.3 Å². The van der Waals surface area contributed by atoms with Crippen molar-refractivity contribution in [2.24, 2.45) is 0 Å². The standard InChI is InChI=1S/C13H10ClN3S/c14-9-1-3-10(4-2-9)16-8-13-17-11-7-15-6-5-12(11)18-13/h1-7,16H,8H2. The van der Waals surface area contributed by atoms with Crippen LogP contribution in [0.2, 0.25) is 5.02 Å². The van der Waals surface area contributed by atoms with E-state index < -0.39 is 0 Å². The Balaban J connectivity index is 1.74. The van der Waals surface area contributed by atoms with Crippen LogP contribution < -0.4 is 5.32 Å². The maximum Gasteiger partial charge on any atom is 0.113 e. The molecule has 18 heavy (non-hydrogen) atoms. The number of nitrogens with zero attached hydrogens (tertiary/aromatic N) is 2. The maximum absolute atomic E-state index is 5.84. The SMILES string of the molecule is Clc1ccc(NCc2nc3cnccc3s2)cc1. The smallest absolute Gasteiger partial charge is 0.113 e. The predicted molar refractivity (Wildman–Crippen MR) is 76.2 cm³/mol. The van der Waals surface area contributed by atoms with Gasteiger partial charge in [0.05, 0.1) is 23.0 Å². The number of anilines is 1. The zero-order chi connectivity index (χ0) is 12.4. The third kappa shape index (κ3) is 2.44. The zero-order valence-corrected chi connectivity index (χ0v) is 11.0. The fourth-order valence-electron chi connectivity index (χ4n) is 1.65. The summed E-state index contributed by atoms with van der Waals surface area (Å²) < 4.78 is 1.16. The lowest BCUT2D eigenvalue weighted by Gasteiger charge is -2.03. The minimum absolute atomic E-state index is 0.709. The fourth-order valence-corrected chi connectivity index (χ4v) is 2.65. The lowest BCUT2D eigenvalue weighted by molar-refractivity contribution is 1.12. The number of halogens is 1. The summed E-state index contributed by atoms with van der Waals surface area (Å²) in [6.45, 7) is 0.709. The number of rotatable bonds is 3. The number of thiazole rings is 1. The highest BCUT2D eigenvalue weighted by atomic mass is 35.5. The first kappa shape index (κ1) is 11.4. The van der Waals surface area contributed by atoms with Gasteiger partial charge in [0.25, 0.3) is 0 Å². The first-order valence-electron chi connectivity index (χ1n) is 5.50. The van der Waals surface area contributed by atoms with Gasteiger partial charge < -0.3 is 5.32 Å². The van der Waals surface area contributed by atoms with Gasteiger partial charge in [-0.25, -0.2) is 4.98 Å². The van der Waals surface area contributed by atoms with Crippen LogP contribution in [0.15, 0.2) is 42.7 Å². The zero-order valence-electron chi connectivity index (χ0n) is 9.43. The molecule has 0 atom stereocenters. The molecule has 0 aliphatic rings. The van der Waals surface area contributed by atoms with Crippen molar-refractivity contribution in [3.63, 3.8) is 0 Å². The van der Waals surface area contributed by atoms with Crippen molar-refractivity contribution < 1.29 is 0 Å². The number of pyridine rings is 1. The van der Waals surface area contributed by atoms with Crippen molar-refractivity contribution >= 4 is 38.8 Å². The molecule has 3 rings (SSSR count). The summed E-state index contributed by atoms with van der Waals surface area (Å²) >= 11 is 7.52. The van der Waals surface area contributed by atoms with Crippen LogP contribution in [0.1, 0.15) is 5.01 Å². The number of hydrogen-bond donors (Lipinski definition) is 1. The first-order chi connectivity index (χ1) is 8.81. The van der Waals surface area contributed by atoms with E-state index in [4.69, 9.17) is 11.6 Å². The van der Waals surface area contributed by atoms with E-state index in [1.165, 1.54) is 0 Å². The molecular weight excluding hydrogens is 266 g/mol. The molecule has 3 nitrogen and oxygen atoms in total. The van der Waals surface area contributed by atoms with Crippen molar-refractivity contribution in [1.82, 2.24) is 9.97 Å². The second-order valence-electron chi connectivity index (χ2n) is 3.81. The highest BCUT2D eigenvalue weighted by Gasteiger charge is 2.03. The number of aromatic nitrogens is 2. The van der Waals surface area contributed by atoms with Crippen molar-refractivity contribution in [2.75, 3.05) is 5.32 Å². The molecule has 0 fully saturated rings. The van der Waals surface area contributed by atoms with Crippen LogP contribution in [0.4, 0.5) is 5.69 Å². The van der Waals surface area contributed by atoms with Gasteiger partial charge in [-0.1, -0.05) is 11.6 Å². The third-order valence-electron chi connectivity index (χ3n) is 2.52. The quantitative estimate of drug-likeness (QED) is 0.786. The number of nitrogens with one attached hydrogen (secondary N) is 1. The lowest BCUT2D eigenvalue weighted by atomic mass is 10.3. The second-order valence-corrected chi connectivity index (χ2v) is 5.36. The van der Waals surface area contributed by atoms with E-state index in [-0.39, 0.29) is 0 Å². The van der Waals surface area contributed by atoms with Crippen LogP contribution >= 0.6 is 22.9 Å². The minimum atomic E-state index is 0.709. The molecule has 0 aliphatic heterocycles. The minimum Gasteiger partial charge on any atom is -0.379 e. The summed E-state index contributed by atoms with van der Waals surface area (Å²) in [5, 5.41) is 5.11. The highest BCUT2D eigenvalue weighted by molar-refractivity contribution is 7.18. The van der Waals surface area contributed by atoms with Crippen LogP contribution in [0, 0.1) is 0 Å². The fraction of sp³-hybridized carbons (Fsp3) is 0.0769. The summed E-state index contributed by atoms with van der Waals surface area (Å²) in [5.74, 6) is 0. The van der Waals surface area contributed by atoms with Gasteiger partial charge in [-0.15, -0.1) is 11.3 Å². The Labute approximate surface area is 113 Å². The number of hydrogen-bond acceptors (Lipinski definition) is 4. The van der Waals surface area contributed by atoms with E-state index in [0.29, 0.717) is 6.54 Å². The Morgan fingerprint density at radius 2 is 2.00 bits per heavy atom. The van der Waals surface area contributed by atoms with Gasteiger partial charge in [0, 0.05) is 16.9 Å². The summed E-state index contributed by atoms with van der Waals surface area (Å²) in [5.41, 5.74) is 1.99. The van der Waals surface area contributed by atoms with Crippen LogP contribution in [0.5, 0.6) is 0 Å². The molecule has 0 unspecified atom stereocenters. The number of fused-ring (bicyclic) bond motifs is 1. The van der Waals surface area contributed by atoms with Crippen LogP contribution in [-0.4, -0.2) is 9.97 Å².